The third-order valence-corrected chi connectivity index (χ3v) is 2.39. The summed E-state index contributed by atoms with van der Waals surface area (Å²) in [7, 11) is 0. The predicted molar refractivity (Wildman–Crippen MR) is 59.9 cm³/mol. The number of nitrogens with one attached hydrogen (secondary N) is 1. The van der Waals surface area contributed by atoms with Crippen molar-refractivity contribution in [1.82, 2.24) is 0 Å². The zero-order chi connectivity index (χ0) is 12.2. The van der Waals surface area contributed by atoms with Gasteiger partial charge < -0.3 is 5.32 Å². The molecule has 0 bridgehead atoms. The fraction of sp³-hybridized carbons (Fsp3) is 0.455. The van der Waals surface area contributed by atoms with Crippen molar-refractivity contribution in [2.75, 3.05) is 11.2 Å². The molecule has 0 aliphatic rings. The molecular formula is C11H13ClF3N. The van der Waals surface area contributed by atoms with Crippen LogP contribution in [0.15, 0.2) is 24.3 Å². The number of anilines is 1. The second-order valence-corrected chi connectivity index (χ2v) is 3.98. The van der Waals surface area contributed by atoms with Gasteiger partial charge in [0.1, 0.15) is 0 Å². The second kappa shape index (κ2) is 5.43. The topological polar surface area (TPSA) is 12.0 Å². The van der Waals surface area contributed by atoms with E-state index in [1.54, 1.807) is 0 Å². The highest BCUT2D eigenvalue weighted by Gasteiger charge is 2.29. The Bertz CT molecular complexity index is 321. The zero-order valence-corrected chi connectivity index (χ0v) is 9.57. The van der Waals surface area contributed by atoms with Crippen molar-refractivity contribution in [2.24, 2.45) is 0 Å². The fourth-order valence-electron chi connectivity index (χ4n) is 1.28. The highest BCUT2D eigenvalue weighted by atomic mass is 35.5. The second-order valence-electron chi connectivity index (χ2n) is 3.60. The number of hydrogen-bond acceptors (Lipinski definition) is 1. The summed E-state index contributed by atoms with van der Waals surface area (Å²) in [5, 5.41) is 3.07. The molecule has 1 unspecified atom stereocenters. The first-order valence-electron chi connectivity index (χ1n) is 4.93. The number of benzene rings is 1. The van der Waals surface area contributed by atoms with Crippen LogP contribution in [0.1, 0.15) is 18.9 Å². The first-order chi connectivity index (χ1) is 7.43. The van der Waals surface area contributed by atoms with Crippen LogP contribution in [0.25, 0.3) is 0 Å². The van der Waals surface area contributed by atoms with Crippen LogP contribution in [-0.2, 0) is 6.18 Å². The third kappa shape index (κ3) is 3.93. The Morgan fingerprint density at radius 3 is 2.25 bits per heavy atom. The Morgan fingerprint density at radius 1 is 1.25 bits per heavy atom. The summed E-state index contributed by atoms with van der Waals surface area (Å²) in [5.74, 6) is 0.523. The number of alkyl halides is 4. The normalized spacial score (nSPS) is 13.6. The minimum absolute atomic E-state index is 0.147. The van der Waals surface area contributed by atoms with Crippen molar-refractivity contribution < 1.29 is 13.2 Å². The first kappa shape index (κ1) is 13.2. The lowest BCUT2D eigenvalue weighted by Crippen LogP contribution is -2.15. The molecule has 0 heterocycles. The van der Waals surface area contributed by atoms with E-state index in [1.807, 2.05) is 6.92 Å². The van der Waals surface area contributed by atoms with Crippen LogP contribution in [0, 0.1) is 0 Å². The molecule has 1 atom stereocenters. The molecule has 1 aromatic rings. The van der Waals surface area contributed by atoms with Gasteiger partial charge in [0, 0.05) is 17.6 Å². The maximum Gasteiger partial charge on any atom is 0.416 e. The molecule has 0 aliphatic carbocycles. The molecule has 1 rings (SSSR count). The molecule has 16 heavy (non-hydrogen) atoms. The van der Waals surface area contributed by atoms with Crippen LogP contribution >= 0.6 is 11.6 Å². The van der Waals surface area contributed by atoms with E-state index in [9.17, 15) is 13.2 Å². The molecule has 1 N–H and O–H groups in total. The van der Waals surface area contributed by atoms with Gasteiger partial charge in [0.2, 0.25) is 0 Å². The maximum atomic E-state index is 12.3. The third-order valence-electron chi connectivity index (χ3n) is 2.17. The van der Waals surface area contributed by atoms with Gasteiger partial charge in [-0.05, 0) is 37.6 Å². The van der Waals surface area contributed by atoms with Gasteiger partial charge in [-0.3, -0.25) is 0 Å². The smallest absolute Gasteiger partial charge is 0.383 e. The van der Waals surface area contributed by atoms with Gasteiger partial charge in [0.25, 0.3) is 0 Å². The van der Waals surface area contributed by atoms with E-state index in [0.29, 0.717) is 11.6 Å². The van der Waals surface area contributed by atoms with Gasteiger partial charge in [-0.15, -0.1) is 11.6 Å². The van der Waals surface area contributed by atoms with Crippen LogP contribution in [0.3, 0.4) is 0 Å². The molecule has 0 aliphatic heterocycles. The van der Waals surface area contributed by atoms with Crippen molar-refractivity contribution in [1.29, 1.82) is 0 Å². The van der Waals surface area contributed by atoms with Gasteiger partial charge in [0.05, 0.1) is 5.56 Å². The van der Waals surface area contributed by atoms with Crippen molar-refractivity contribution in [3.63, 3.8) is 0 Å². The lowest BCUT2D eigenvalue weighted by atomic mass is 10.2. The van der Waals surface area contributed by atoms with Crippen molar-refractivity contribution in [3.8, 4) is 0 Å². The number of halogens is 4. The van der Waals surface area contributed by atoms with E-state index in [-0.39, 0.29) is 6.04 Å². The average Bonchev–Trinajstić information content (AvgIpc) is 2.17. The van der Waals surface area contributed by atoms with E-state index < -0.39 is 11.7 Å². The van der Waals surface area contributed by atoms with Crippen molar-refractivity contribution in [3.05, 3.63) is 29.8 Å². The molecule has 0 saturated heterocycles. The molecule has 0 fully saturated rings. The maximum absolute atomic E-state index is 12.3. The Balaban J connectivity index is 2.65. The number of hydrogen-bond donors (Lipinski definition) is 1. The van der Waals surface area contributed by atoms with E-state index in [2.05, 4.69) is 5.32 Å². The highest BCUT2D eigenvalue weighted by Crippen LogP contribution is 2.29. The fourth-order valence-corrected chi connectivity index (χ4v) is 1.60. The molecular weight excluding hydrogens is 239 g/mol. The van der Waals surface area contributed by atoms with Crippen LogP contribution in [0.4, 0.5) is 18.9 Å². The largest absolute Gasteiger partial charge is 0.416 e. The lowest BCUT2D eigenvalue weighted by Gasteiger charge is -2.14. The summed E-state index contributed by atoms with van der Waals surface area (Å²) >= 11 is 5.56. The molecule has 90 valence electrons. The van der Waals surface area contributed by atoms with Crippen LogP contribution in [0.5, 0.6) is 0 Å². The zero-order valence-electron chi connectivity index (χ0n) is 8.81. The monoisotopic (exact) mass is 251 g/mol. The standard InChI is InChI=1S/C11H13ClF3N/c1-8(6-7-12)16-10-4-2-9(3-5-10)11(13,14)15/h2-5,8,16H,6-7H2,1H3. The van der Waals surface area contributed by atoms with Gasteiger partial charge >= 0.3 is 6.18 Å². The van der Waals surface area contributed by atoms with Gasteiger partial charge in [-0.1, -0.05) is 0 Å². The van der Waals surface area contributed by atoms with Crippen molar-refractivity contribution in [2.45, 2.75) is 25.6 Å². The Morgan fingerprint density at radius 2 is 1.81 bits per heavy atom. The molecule has 0 spiro atoms. The number of rotatable bonds is 4. The Labute approximate surface area is 97.6 Å². The molecule has 1 nitrogen and oxygen atoms in total. The van der Waals surface area contributed by atoms with Gasteiger partial charge in [0.15, 0.2) is 0 Å². The van der Waals surface area contributed by atoms with Gasteiger partial charge in [-0.2, -0.15) is 13.2 Å². The highest BCUT2D eigenvalue weighted by molar-refractivity contribution is 6.17. The SMILES string of the molecule is CC(CCCl)Nc1ccc(C(F)(F)F)cc1. The first-order valence-corrected chi connectivity index (χ1v) is 5.46. The van der Waals surface area contributed by atoms with Crippen LogP contribution in [-0.4, -0.2) is 11.9 Å². The van der Waals surface area contributed by atoms with Crippen molar-refractivity contribution >= 4 is 17.3 Å². The molecule has 0 aromatic heterocycles. The summed E-state index contributed by atoms with van der Waals surface area (Å²) in [6.07, 6.45) is -3.51. The molecule has 0 saturated carbocycles. The average molecular weight is 252 g/mol. The van der Waals surface area contributed by atoms with Crippen LogP contribution < -0.4 is 5.32 Å². The predicted octanol–water partition coefficient (Wildman–Crippen LogP) is 4.13. The minimum atomic E-state index is -4.28. The summed E-state index contributed by atoms with van der Waals surface area (Å²) in [6.45, 7) is 1.93. The van der Waals surface area contributed by atoms with Crippen LogP contribution in [0.2, 0.25) is 0 Å². The van der Waals surface area contributed by atoms with Gasteiger partial charge in [-0.25, -0.2) is 0 Å². The Kier molecular flexibility index (Phi) is 4.47. The molecule has 1 aromatic carbocycles. The summed E-state index contributed by atoms with van der Waals surface area (Å²) in [6, 6.07) is 5.13. The summed E-state index contributed by atoms with van der Waals surface area (Å²) < 4.78 is 36.8. The lowest BCUT2D eigenvalue weighted by molar-refractivity contribution is -0.137. The minimum Gasteiger partial charge on any atom is -0.383 e. The molecule has 0 radical (unpaired) electrons. The summed E-state index contributed by atoms with van der Waals surface area (Å²) in [4.78, 5) is 0. The summed E-state index contributed by atoms with van der Waals surface area (Å²) in [5.41, 5.74) is 0.0358. The van der Waals surface area contributed by atoms with E-state index in [4.69, 9.17) is 11.6 Å². The molecule has 0 amide bonds. The van der Waals surface area contributed by atoms with E-state index >= 15 is 0 Å². The molecule has 5 heteroatoms. The van der Waals surface area contributed by atoms with E-state index in [0.717, 1.165) is 18.6 Å². The quantitative estimate of drug-likeness (QED) is 0.794. The Hall–Kier alpha value is -0.900. The van der Waals surface area contributed by atoms with E-state index in [1.165, 1.54) is 12.1 Å².